The number of benzene rings is 2. The molecular weight excluding hydrogens is 362 g/mol. The first kappa shape index (κ1) is 17.2. The predicted molar refractivity (Wildman–Crippen MR) is 104 cm³/mol. The monoisotopic (exact) mass is 377 g/mol. The number of imidazole rings is 1. The molecule has 0 bridgehead atoms. The van der Waals surface area contributed by atoms with Crippen LogP contribution in [0.5, 0.6) is 0 Å². The van der Waals surface area contributed by atoms with Crippen LogP contribution in [0, 0.1) is 6.92 Å². The Kier molecular flexibility index (Phi) is 4.60. The summed E-state index contributed by atoms with van der Waals surface area (Å²) in [5, 5.41) is 0.403. The van der Waals surface area contributed by atoms with Crippen LogP contribution in [0.1, 0.15) is 21.7 Å². The van der Waals surface area contributed by atoms with Crippen LogP contribution in [0.2, 0.25) is 5.15 Å². The summed E-state index contributed by atoms with van der Waals surface area (Å²) >= 11 is 5.76. The van der Waals surface area contributed by atoms with Crippen molar-refractivity contribution in [3.05, 3.63) is 89.0 Å². The summed E-state index contributed by atoms with van der Waals surface area (Å²) in [6.45, 7) is 2.08. The van der Waals surface area contributed by atoms with Crippen molar-refractivity contribution in [2.45, 2.75) is 13.5 Å². The van der Waals surface area contributed by atoms with Gasteiger partial charge in [-0.2, -0.15) is 0 Å². The Labute approximate surface area is 161 Å². The summed E-state index contributed by atoms with van der Waals surface area (Å²) < 4.78 is 7.43. The predicted octanol–water partition coefficient (Wildman–Crippen LogP) is 4.74. The summed E-state index contributed by atoms with van der Waals surface area (Å²) in [4.78, 5) is 21.0. The van der Waals surface area contributed by atoms with E-state index in [1.807, 2.05) is 43.3 Å². The number of aromatic nitrogens is 3. The van der Waals surface area contributed by atoms with Gasteiger partial charge >= 0.3 is 5.97 Å². The number of esters is 1. The molecule has 2 aromatic heterocycles. The van der Waals surface area contributed by atoms with Crippen LogP contribution in [0.25, 0.3) is 16.7 Å². The summed E-state index contributed by atoms with van der Waals surface area (Å²) in [5.41, 5.74) is 3.96. The van der Waals surface area contributed by atoms with E-state index in [2.05, 4.69) is 14.5 Å². The minimum Gasteiger partial charge on any atom is -0.457 e. The number of pyridine rings is 1. The zero-order chi connectivity index (χ0) is 18.8. The number of ether oxygens (including phenoxy) is 1. The minimum absolute atomic E-state index is 0.137. The van der Waals surface area contributed by atoms with E-state index in [1.54, 1.807) is 30.5 Å². The van der Waals surface area contributed by atoms with E-state index in [0.717, 1.165) is 28.1 Å². The molecule has 4 aromatic rings. The lowest BCUT2D eigenvalue weighted by Gasteiger charge is -2.07. The van der Waals surface area contributed by atoms with Crippen molar-refractivity contribution in [1.82, 2.24) is 14.5 Å². The molecule has 2 heterocycles. The molecule has 0 N–H and O–H groups in total. The molecule has 6 heteroatoms. The number of carbonyl (C=O) groups is 1. The number of fused-ring (bicyclic) bond motifs is 1. The van der Waals surface area contributed by atoms with Gasteiger partial charge in [-0.05, 0) is 43.3 Å². The van der Waals surface area contributed by atoms with E-state index < -0.39 is 5.97 Å². The number of halogens is 1. The minimum atomic E-state index is -0.404. The molecule has 0 aliphatic carbocycles. The third kappa shape index (κ3) is 3.55. The highest BCUT2D eigenvalue weighted by molar-refractivity contribution is 6.29. The van der Waals surface area contributed by atoms with Gasteiger partial charge in [-0.15, -0.1) is 0 Å². The second-order valence-electron chi connectivity index (χ2n) is 6.10. The topological polar surface area (TPSA) is 57.0 Å². The maximum absolute atomic E-state index is 12.4. The Hall–Kier alpha value is -3.18. The Balaban J connectivity index is 1.58. The first-order valence-electron chi connectivity index (χ1n) is 8.44. The van der Waals surface area contributed by atoms with Crippen LogP contribution < -0.4 is 0 Å². The van der Waals surface area contributed by atoms with E-state index in [-0.39, 0.29) is 6.61 Å². The third-order valence-corrected chi connectivity index (χ3v) is 4.45. The van der Waals surface area contributed by atoms with Crippen LogP contribution in [-0.4, -0.2) is 20.5 Å². The summed E-state index contributed by atoms with van der Waals surface area (Å²) in [7, 11) is 0. The van der Waals surface area contributed by atoms with Gasteiger partial charge in [-0.3, -0.25) is 4.57 Å². The van der Waals surface area contributed by atoms with Gasteiger partial charge in [-0.25, -0.2) is 14.8 Å². The van der Waals surface area contributed by atoms with Gasteiger partial charge in [0.05, 0.1) is 16.6 Å². The first-order chi connectivity index (χ1) is 13.1. The van der Waals surface area contributed by atoms with Gasteiger partial charge in [0.2, 0.25) is 0 Å². The van der Waals surface area contributed by atoms with Crippen molar-refractivity contribution in [2.75, 3.05) is 0 Å². The highest BCUT2D eigenvalue weighted by Gasteiger charge is 2.13. The average Bonchev–Trinajstić information content (AvgIpc) is 3.02. The molecule has 0 spiro atoms. The number of carbonyl (C=O) groups excluding carboxylic acids is 1. The summed E-state index contributed by atoms with van der Waals surface area (Å²) in [6.07, 6.45) is 1.59. The maximum Gasteiger partial charge on any atom is 0.338 e. The smallest absolute Gasteiger partial charge is 0.338 e. The third-order valence-electron chi connectivity index (χ3n) is 4.23. The fourth-order valence-corrected chi connectivity index (χ4v) is 3.07. The molecule has 134 valence electrons. The van der Waals surface area contributed by atoms with E-state index in [9.17, 15) is 4.79 Å². The molecule has 0 atom stereocenters. The molecule has 0 aliphatic heterocycles. The van der Waals surface area contributed by atoms with E-state index in [1.165, 1.54) is 0 Å². The number of aryl methyl sites for hydroxylation is 1. The van der Waals surface area contributed by atoms with Gasteiger partial charge in [0.15, 0.2) is 0 Å². The number of para-hydroxylation sites is 1. The van der Waals surface area contributed by atoms with E-state index >= 15 is 0 Å². The fourth-order valence-electron chi connectivity index (χ4n) is 2.95. The average molecular weight is 378 g/mol. The second-order valence-corrected chi connectivity index (χ2v) is 6.49. The van der Waals surface area contributed by atoms with Gasteiger partial charge in [0.25, 0.3) is 0 Å². The Morgan fingerprint density at radius 1 is 1.11 bits per heavy atom. The Morgan fingerprint density at radius 2 is 1.93 bits per heavy atom. The fraction of sp³-hybridized carbons (Fsp3) is 0.0952. The van der Waals surface area contributed by atoms with Crippen LogP contribution in [0.15, 0.2) is 66.9 Å². The SMILES string of the molecule is Cc1nc2cc(C(=O)OCc3ccc(Cl)nc3)ccc2n1-c1ccccc1. The van der Waals surface area contributed by atoms with Crippen molar-refractivity contribution in [2.24, 2.45) is 0 Å². The van der Waals surface area contributed by atoms with Crippen LogP contribution in [0.4, 0.5) is 0 Å². The van der Waals surface area contributed by atoms with Crippen molar-refractivity contribution < 1.29 is 9.53 Å². The molecule has 0 amide bonds. The lowest BCUT2D eigenvalue weighted by atomic mass is 10.2. The normalized spacial score (nSPS) is 10.9. The zero-order valence-corrected chi connectivity index (χ0v) is 15.3. The maximum atomic E-state index is 12.4. The lowest BCUT2D eigenvalue weighted by Crippen LogP contribution is -2.05. The molecule has 5 nitrogen and oxygen atoms in total. The van der Waals surface area contributed by atoms with Gasteiger partial charge in [0, 0.05) is 17.4 Å². The number of hydrogen-bond acceptors (Lipinski definition) is 4. The Morgan fingerprint density at radius 3 is 2.67 bits per heavy atom. The van der Waals surface area contributed by atoms with Crippen LogP contribution >= 0.6 is 11.6 Å². The molecule has 0 aliphatic rings. The number of hydrogen-bond donors (Lipinski definition) is 0. The molecule has 2 aromatic carbocycles. The molecule has 0 radical (unpaired) electrons. The zero-order valence-electron chi connectivity index (χ0n) is 14.6. The molecule has 0 saturated carbocycles. The van der Waals surface area contributed by atoms with Gasteiger partial charge < -0.3 is 4.74 Å². The van der Waals surface area contributed by atoms with Gasteiger partial charge in [0.1, 0.15) is 17.6 Å². The molecule has 0 saturated heterocycles. The van der Waals surface area contributed by atoms with Crippen molar-refractivity contribution in [3.8, 4) is 5.69 Å². The van der Waals surface area contributed by atoms with E-state index in [0.29, 0.717) is 10.7 Å². The first-order valence-corrected chi connectivity index (χ1v) is 8.82. The highest BCUT2D eigenvalue weighted by Crippen LogP contribution is 2.22. The van der Waals surface area contributed by atoms with Crippen LogP contribution in [0.3, 0.4) is 0 Å². The van der Waals surface area contributed by atoms with Crippen molar-refractivity contribution in [3.63, 3.8) is 0 Å². The highest BCUT2D eigenvalue weighted by atomic mass is 35.5. The van der Waals surface area contributed by atoms with Gasteiger partial charge in [-0.1, -0.05) is 35.9 Å². The molecule has 4 rings (SSSR count). The largest absolute Gasteiger partial charge is 0.457 e. The quantitative estimate of drug-likeness (QED) is 0.381. The van der Waals surface area contributed by atoms with Crippen LogP contribution in [-0.2, 0) is 11.3 Å². The summed E-state index contributed by atoms with van der Waals surface area (Å²) in [6, 6.07) is 18.8. The lowest BCUT2D eigenvalue weighted by molar-refractivity contribution is 0.0472. The Bertz CT molecular complexity index is 1110. The molecule has 27 heavy (non-hydrogen) atoms. The second kappa shape index (κ2) is 7.21. The number of nitrogens with zero attached hydrogens (tertiary/aromatic N) is 3. The van der Waals surface area contributed by atoms with Crippen molar-refractivity contribution in [1.29, 1.82) is 0 Å². The van der Waals surface area contributed by atoms with Crippen molar-refractivity contribution >= 4 is 28.6 Å². The standard InChI is InChI=1S/C21H16ClN3O2/c1-14-24-18-11-16(21(26)27-13-15-7-10-20(22)23-12-15)8-9-19(18)25(14)17-5-3-2-4-6-17/h2-12H,13H2,1H3. The molecule has 0 unspecified atom stereocenters. The summed E-state index contributed by atoms with van der Waals surface area (Å²) in [5.74, 6) is 0.452. The molecular formula is C21H16ClN3O2. The molecule has 0 fully saturated rings. The van der Waals surface area contributed by atoms with E-state index in [4.69, 9.17) is 16.3 Å². The number of rotatable bonds is 4.